The van der Waals surface area contributed by atoms with Crippen molar-refractivity contribution in [3.63, 3.8) is 0 Å². The van der Waals surface area contributed by atoms with Crippen LogP contribution in [-0.2, 0) is 0 Å². The first-order valence-electron chi connectivity index (χ1n) is 6.25. The molecule has 2 aromatic rings. The minimum atomic E-state index is 0.395. The molecule has 0 aliphatic carbocycles. The molecule has 0 saturated heterocycles. The Morgan fingerprint density at radius 2 is 2.17 bits per heavy atom. The molecule has 1 N–H and O–H groups in total. The second kappa shape index (κ2) is 6.10. The Hall–Kier alpha value is -1.97. The van der Waals surface area contributed by atoms with E-state index in [2.05, 4.69) is 33.8 Å². The van der Waals surface area contributed by atoms with Gasteiger partial charge in [-0.3, -0.25) is 4.98 Å². The predicted molar refractivity (Wildman–Crippen MR) is 74.5 cm³/mol. The highest BCUT2D eigenvalue weighted by Gasteiger charge is 2.04. The van der Waals surface area contributed by atoms with Gasteiger partial charge in [-0.05, 0) is 38.3 Å². The van der Waals surface area contributed by atoms with Crippen molar-refractivity contribution in [3.05, 3.63) is 37.2 Å². The molecule has 0 saturated carbocycles. The maximum atomic E-state index is 4.44. The zero-order valence-electron chi connectivity index (χ0n) is 10.6. The normalized spacial score (nSPS) is 12.3. The van der Waals surface area contributed by atoms with E-state index in [1.165, 1.54) is 0 Å². The number of nitrogens with one attached hydrogen (secondary N) is 1. The van der Waals surface area contributed by atoms with E-state index < -0.39 is 0 Å². The van der Waals surface area contributed by atoms with Crippen LogP contribution in [0.5, 0.6) is 0 Å². The van der Waals surface area contributed by atoms with Crippen molar-refractivity contribution in [2.75, 3.05) is 5.32 Å². The van der Waals surface area contributed by atoms with Crippen LogP contribution in [0.4, 0.5) is 5.82 Å². The Bertz CT molecular complexity index is 524. The largest absolute Gasteiger partial charge is 0.368 e. The number of nitrogens with zero attached hydrogens (tertiary/aromatic N) is 3. The number of allylic oxidation sites excluding steroid dienone is 1. The molecule has 0 spiro atoms. The summed E-state index contributed by atoms with van der Waals surface area (Å²) in [6.45, 7) is 5.89. The Labute approximate surface area is 107 Å². The highest BCUT2D eigenvalue weighted by molar-refractivity contribution is 5.71. The number of pyridine rings is 1. The number of aromatic nitrogens is 3. The van der Waals surface area contributed by atoms with Crippen LogP contribution < -0.4 is 5.32 Å². The summed E-state index contributed by atoms with van der Waals surface area (Å²) in [6.07, 6.45) is 8.60. The van der Waals surface area contributed by atoms with Gasteiger partial charge in [0.05, 0.1) is 0 Å². The van der Waals surface area contributed by atoms with Crippen LogP contribution in [0, 0.1) is 0 Å². The number of unbranched alkanes of at least 4 members (excludes halogenated alkanes) is 1. The van der Waals surface area contributed by atoms with Gasteiger partial charge in [0, 0.05) is 18.4 Å². The fourth-order valence-corrected chi connectivity index (χ4v) is 1.83. The summed E-state index contributed by atoms with van der Waals surface area (Å²) in [4.78, 5) is 12.8. The van der Waals surface area contributed by atoms with Gasteiger partial charge in [0.2, 0.25) is 0 Å². The van der Waals surface area contributed by atoms with Crippen molar-refractivity contribution >= 4 is 17.0 Å². The summed E-state index contributed by atoms with van der Waals surface area (Å²) in [7, 11) is 0. The molecule has 94 valence electrons. The third-order valence-electron chi connectivity index (χ3n) is 2.77. The molecule has 1 unspecified atom stereocenters. The molecule has 4 nitrogen and oxygen atoms in total. The molecule has 0 bridgehead atoms. The summed E-state index contributed by atoms with van der Waals surface area (Å²) in [5.74, 6) is 0.856. The van der Waals surface area contributed by atoms with Crippen LogP contribution in [0.1, 0.15) is 26.2 Å². The summed E-state index contributed by atoms with van der Waals surface area (Å²) < 4.78 is 0. The lowest BCUT2D eigenvalue weighted by Crippen LogP contribution is -2.15. The van der Waals surface area contributed by atoms with Gasteiger partial charge in [0.25, 0.3) is 0 Å². The van der Waals surface area contributed by atoms with Gasteiger partial charge in [-0.15, -0.1) is 6.58 Å². The van der Waals surface area contributed by atoms with Gasteiger partial charge >= 0.3 is 0 Å². The average Bonchev–Trinajstić information content (AvgIpc) is 2.39. The lowest BCUT2D eigenvalue weighted by atomic mass is 10.1. The van der Waals surface area contributed by atoms with Gasteiger partial charge in [-0.1, -0.05) is 6.08 Å². The van der Waals surface area contributed by atoms with E-state index in [-0.39, 0.29) is 0 Å². The number of hydrogen-bond acceptors (Lipinski definition) is 4. The van der Waals surface area contributed by atoms with Gasteiger partial charge in [-0.25, -0.2) is 9.97 Å². The number of anilines is 1. The summed E-state index contributed by atoms with van der Waals surface area (Å²) >= 11 is 0. The molecule has 2 aromatic heterocycles. The van der Waals surface area contributed by atoms with E-state index in [4.69, 9.17) is 0 Å². The second-order valence-corrected chi connectivity index (χ2v) is 4.36. The second-order valence-electron chi connectivity index (χ2n) is 4.36. The molecule has 2 rings (SSSR count). The molecule has 0 aromatic carbocycles. The molecule has 2 heterocycles. The molecule has 0 aliphatic rings. The number of hydrogen-bond donors (Lipinski definition) is 1. The van der Waals surface area contributed by atoms with Crippen LogP contribution in [0.2, 0.25) is 0 Å². The summed E-state index contributed by atoms with van der Waals surface area (Å²) in [5, 5.41) is 3.38. The molecular weight excluding hydrogens is 224 g/mol. The Balaban J connectivity index is 2.00. The Morgan fingerprint density at radius 3 is 3.00 bits per heavy atom. The maximum absolute atomic E-state index is 4.44. The lowest BCUT2D eigenvalue weighted by Gasteiger charge is -2.13. The average molecular weight is 242 g/mol. The quantitative estimate of drug-likeness (QED) is 0.624. The topological polar surface area (TPSA) is 50.7 Å². The van der Waals surface area contributed by atoms with Crippen molar-refractivity contribution in [1.82, 2.24) is 15.0 Å². The lowest BCUT2D eigenvalue weighted by molar-refractivity contribution is 0.661. The van der Waals surface area contributed by atoms with Gasteiger partial charge < -0.3 is 5.32 Å². The van der Waals surface area contributed by atoms with E-state index >= 15 is 0 Å². The van der Waals surface area contributed by atoms with E-state index in [9.17, 15) is 0 Å². The maximum Gasteiger partial charge on any atom is 0.180 e. The van der Waals surface area contributed by atoms with Crippen LogP contribution in [0.25, 0.3) is 11.2 Å². The van der Waals surface area contributed by atoms with Gasteiger partial charge in [0.15, 0.2) is 5.65 Å². The molecule has 0 aliphatic heterocycles. The number of rotatable bonds is 6. The van der Waals surface area contributed by atoms with Gasteiger partial charge in [-0.2, -0.15) is 0 Å². The van der Waals surface area contributed by atoms with Crippen molar-refractivity contribution < 1.29 is 0 Å². The van der Waals surface area contributed by atoms with Crippen molar-refractivity contribution in [1.29, 1.82) is 0 Å². The predicted octanol–water partition coefficient (Wildman–Crippen LogP) is 3.18. The van der Waals surface area contributed by atoms with Crippen molar-refractivity contribution in [3.8, 4) is 0 Å². The van der Waals surface area contributed by atoms with Crippen LogP contribution in [0.3, 0.4) is 0 Å². The summed E-state index contributed by atoms with van der Waals surface area (Å²) in [6, 6.07) is 4.28. The first-order valence-corrected chi connectivity index (χ1v) is 6.25. The molecule has 1 atom stereocenters. The summed E-state index contributed by atoms with van der Waals surface area (Å²) in [5.41, 5.74) is 1.50. The van der Waals surface area contributed by atoms with Crippen LogP contribution in [-0.4, -0.2) is 21.0 Å². The first-order chi connectivity index (χ1) is 8.79. The highest BCUT2D eigenvalue weighted by atomic mass is 15.0. The van der Waals surface area contributed by atoms with E-state index in [1.54, 1.807) is 12.4 Å². The molecule has 0 fully saturated rings. The van der Waals surface area contributed by atoms with E-state index in [1.807, 2.05) is 18.2 Å². The van der Waals surface area contributed by atoms with Gasteiger partial charge in [0.1, 0.15) is 11.3 Å². The standard InChI is InChI=1S/C14H18N4/c1-3-4-5-6-11(2)17-13-8-7-12-14(18-13)16-10-9-15-12/h3,7-11H,1,4-6H2,2H3,(H,16,17,18). The Morgan fingerprint density at radius 1 is 1.33 bits per heavy atom. The van der Waals surface area contributed by atoms with Crippen molar-refractivity contribution in [2.24, 2.45) is 0 Å². The first kappa shape index (κ1) is 12.5. The fourth-order valence-electron chi connectivity index (χ4n) is 1.83. The van der Waals surface area contributed by atoms with Crippen LogP contribution >= 0.6 is 0 Å². The van der Waals surface area contributed by atoms with Crippen molar-refractivity contribution in [2.45, 2.75) is 32.2 Å². The fraction of sp³-hybridized carbons (Fsp3) is 0.357. The molecule has 4 heteroatoms. The number of fused-ring (bicyclic) bond motifs is 1. The van der Waals surface area contributed by atoms with E-state index in [0.29, 0.717) is 11.7 Å². The Kier molecular flexibility index (Phi) is 4.23. The minimum absolute atomic E-state index is 0.395. The molecular formula is C14H18N4. The molecule has 18 heavy (non-hydrogen) atoms. The monoisotopic (exact) mass is 242 g/mol. The molecule has 0 amide bonds. The minimum Gasteiger partial charge on any atom is -0.368 e. The molecule has 0 radical (unpaired) electrons. The SMILES string of the molecule is C=CCCCC(C)Nc1ccc2nccnc2n1. The zero-order valence-corrected chi connectivity index (χ0v) is 10.6. The highest BCUT2D eigenvalue weighted by Crippen LogP contribution is 2.12. The van der Waals surface area contributed by atoms with E-state index in [0.717, 1.165) is 30.6 Å². The third-order valence-corrected chi connectivity index (χ3v) is 2.77. The third kappa shape index (κ3) is 3.26. The smallest absolute Gasteiger partial charge is 0.180 e. The van der Waals surface area contributed by atoms with Crippen LogP contribution in [0.15, 0.2) is 37.2 Å². The zero-order chi connectivity index (χ0) is 12.8.